The number of hydrogen-bond donors (Lipinski definition) is 0. The molecule has 6 rings (SSSR count). The number of carbonyl (C=O) groups is 1. The first-order valence-electron chi connectivity index (χ1n) is 15.0. The molecule has 1 amide bonds. The summed E-state index contributed by atoms with van der Waals surface area (Å²) in [5.41, 5.74) is 2.54. The highest BCUT2D eigenvalue weighted by molar-refractivity contribution is 6.35. The number of aromatic nitrogens is 2. The number of fused-ring (bicyclic) bond motifs is 2. The van der Waals surface area contributed by atoms with Crippen molar-refractivity contribution >= 4 is 34.1 Å². The summed E-state index contributed by atoms with van der Waals surface area (Å²) in [4.78, 5) is 28.0. The van der Waals surface area contributed by atoms with Crippen LogP contribution in [0.2, 0.25) is 5.02 Å². The smallest absolute Gasteiger partial charge is 0.318 e. The second kappa shape index (κ2) is 12.3. The van der Waals surface area contributed by atoms with Crippen molar-refractivity contribution in [1.82, 2.24) is 19.8 Å². The quantitative estimate of drug-likeness (QED) is 0.326. The molecular formula is C33H36ClFN6O3. The predicted octanol–water partition coefficient (Wildman–Crippen LogP) is 5.37. The van der Waals surface area contributed by atoms with Crippen LogP contribution >= 0.6 is 11.6 Å². The van der Waals surface area contributed by atoms with E-state index in [1.807, 2.05) is 41.3 Å². The minimum absolute atomic E-state index is 0.0528. The number of benzene rings is 2. The fourth-order valence-electron chi connectivity index (χ4n) is 6.66. The number of hydrogen-bond acceptors (Lipinski definition) is 8. The predicted molar refractivity (Wildman–Crippen MR) is 166 cm³/mol. The Balaban J connectivity index is 1.35. The SMILES string of the molecule is C=C(F)C(=O)N1CCN(c2nc(OC[C@@]3(C)CCCN3C)nc3c2COC(c2cccc4cccc(Cl)c24)C3)C[C@@H]1CC#N. The van der Waals surface area contributed by atoms with E-state index < -0.39 is 17.8 Å². The molecule has 3 aliphatic rings. The number of likely N-dealkylation sites (N-methyl/N-ethyl adjacent to an activating group) is 1. The highest BCUT2D eigenvalue weighted by Crippen LogP contribution is 2.40. The molecule has 4 heterocycles. The third kappa shape index (κ3) is 5.72. The number of amides is 1. The molecule has 1 unspecified atom stereocenters. The van der Waals surface area contributed by atoms with Gasteiger partial charge in [0.1, 0.15) is 12.4 Å². The topological polar surface area (TPSA) is 94.8 Å². The van der Waals surface area contributed by atoms with Gasteiger partial charge in [0, 0.05) is 42.0 Å². The van der Waals surface area contributed by atoms with Crippen LogP contribution in [0, 0.1) is 11.3 Å². The zero-order valence-electron chi connectivity index (χ0n) is 25.1. The van der Waals surface area contributed by atoms with Crippen LogP contribution in [0.5, 0.6) is 6.01 Å². The fourth-order valence-corrected chi connectivity index (χ4v) is 6.95. The Morgan fingerprint density at radius 1 is 1.25 bits per heavy atom. The summed E-state index contributed by atoms with van der Waals surface area (Å²) >= 11 is 6.66. The Bertz CT molecular complexity index is 1640. The summed E-state index contributed by atoms with van der Waals surface area (Å²) in [6.07, 6.45) is 2.39. The summed E-state index contributed by atoms with van der Waals surface area (Å²) in [6.45, 7) is 8.01. The molecule has 2 aromatic carbocycles. The van der Waals surface area contributed by atoms with Crippen molar-refractivity contribution in [2.75, 3.05) is 44.7 Å². The molecule has 0 spiro atoms. The largest absolute Gasteiger partial charge is 0.461 e. The third-order valence-corrected chi connectivity index (χ3v) is 9.65. The number of piperazine rings is 1. The maximum absolute atomic E-state index is 13.8. The van der Waals surface area contributed by atoms with E-state index in [0.29, 0.717) is 37.0 Å². The molecule has 2 saturated heterocycles. The number of halogens is 2. The van der Waals surface area contributed by atoms with Crippen molar-refractivity contribution in [3.05, 3.63) is 70.6 Å². The van der Waals surface area contributed by atoms with E-state index in [1.54, 1.807) is 0 Å². The molecule has 0 bridgehead atoms. The van der Waals surface area contributed by atoms with Crippen molar-refractivity contribution in [2.24, 2.45) is 0 Å². The summed E-state index contributed by atoms with van der Waals surface area (Å²) in [5, 5.41) is 12.2. The highest BCUT2D eigenvalue weighted by atomic mass is 35.5. The number of nitrogens with zero attached hydrogens (tertiary/aromatic N) is 6. The molecule has 3 aliphatic heterocycles. The van der Waals surface area contributed by atoms with Gasteiger partial charge in [-0.15, -0.1) is 0 Å². The average Bonchev–Trinajstić information content (AvgIpc) is 3.36. The van der Waals surface area contributed by atoms with E-state index in [1.165, 1.54) is 4.90 Å². The molecule has 9 nitrogen and oxygen atoms in total. The first-order chi connectivity index (χ1) is 21.2. The molecule has 2 fully saturated rings. The molecular weight excluding hydrogens is 583 g/mol. The van der Waals surface area contributed by atoms with Crippen LogP contribution < -0.4 is 9.64 Å². The van der Waals surface area contributed by atoms with Crippen LogP contribution in [0.3, 0.4) is 0 Å². The van der Waals surface area contributed by atoms with Crippen LogP contribution in [-0.2, 0) is 22.6 Å². The third-order valence-electron chi connectivity index (χ3n) is 9.34. The van der Waals surface area contributed by atoms with Crippen LogP contribution in [0.1, 0.15) is 49.1 Å². The standard InChI is InChI=1S/C33H36ClFN6O3/c1-21(35)31(42)41-16-15-40(18-23(41)11-13-36)30-25-19-43-28(24-9-4-7-22-8-5-10-26(34)29(22)24)17-27(25)37-32(38-30)44-20-33(2)12-6-14-39(33)3/h4-5,7-10,23,28H,1,6,11-12,14-20H2,2-3H3/t23-,28?,33+/m0/s1. The Morgan fingerprint density at radius 2 is 2.05 bits per heavy atom. The summed E-state index contributed by atoms with van der Waals surface area (Å²) in [6, 6.07) is 13.8. The van der Waals surface area contributed by atoms with E-state index in [0.717, 1.165) is 47.0 Å². The summed E-state index contributed by atoms with van der Waals surface area (Å²) in [5.74, 6) is -1.17. The molecule has 3 aromatic rings. The van der Waals surface area contributed by atoms with Gasteiger partial charge < -0.3 is 19.3 Å². The first-order valence-corrected chi connectivity index (χ1v) is 15.4. The molecule has 3 atom stereocenters. The molecule has 0 saturated carbocycles. The molecule has 0 N–H and O–H groups in total. The number of ether oxygens (including phenoxy) is 2. The van der Waals surface area contributed by atoms with Gasteiger partial charge in [0.2, 0.25) is 0 Å². The van der Waals surface area contributed by atoms with E-state index in [2.05, 4.69) is 31.5 Å². The van der Waals surface area contributed by atoms with E-state index >= 15 is 0 Å². The normalized spacial score (nSPS) is 23.8. The van der Waals surface area contributed by atoms with Crippen LogP contribution in [-0.4, -0.2) is 77.1 Å². The monoisotopic (exact) mass is 618 g/mol. The van der Waals surface area contributed by atoms with E-state index in [-0.39, 0.29) is 37.2 Å². The fraction of sp³-hybridized carbons (Fsp3) is 0.455. The molecule has 11 heteroatoms. The molecule has 230 valence electrons. The Hall–Kier alpha value is -3.78. The number of carbonyl (C=O) groups excluding carboxylic acids is 1. The molecule has 0 radical (unpaired) electrons. The Labute approximate surface area is 261 Å². The van der Waals surface area contributed by atoms with Crippen molar-refractivity contribution < 1.29 is 18.7 Å². The van der Waals surface area contributed by atoms with Gasteiger partial charge in [-0.2, -0.15) is 15.2 Å². The van der Waals surface area contributed by atoms with Crippen LogP contribution in [0.25, 0.3) is 10.8 Å². The lowest BCUT2D eigenvalue weighted by Gasteiger charge is -2.42. The minimum Gasteiger partial charge on any atom is -0.461 e. The average molecular weight is 619 g/mol. The van der Waals surface area contributed by atoms with Gasteiger partial charge in [0.25, 0.3) is 5.91 Å². The number of likely N-dealkylation sites (tertiary alicyclic amines) is 1. The maximum atomic E-state index is 13.8. The van der Waals surface area contributed by atoms with Gasteiger partial charge in [-0.05, 0) is 50.4 Å². The van der Waals surface area contributed by atoms with Crippen molar-refractivity contribution in [3.63, 3.8) is 0 Å². The van der Waals surface area contributed by atoms with E-state index in [4.69, 9.17) is 31.0 Å². The lowest BCUT2D eigenvalue weighted by molar-refractivity contribution is -0.131. The number of anilines is 1. The van der Waals surface area contributed by atoms with E-state index in [9.17, 15) is 14.4 Å². The van der Waals surface area contributed by atoms with Gasteiger partial charge in [-0.3, -0.25) is 9.69 Å². The van der Waals surface area contributed by atoms with Gasteiger partial charge in [0.05, 0.1) is 42.5 Å². The minimum atomic E-state index is -1.03. The van der Waals surface area contributed by atoms with Crippen molar-refractivity contribution in [1.29, 1.82) is 5.26 Å². The molecule has 44 heavy (non-hydrogen) atoms. The second-order valence-corrected chi connectivity index (χ2v) is 12.5. The lowest BCUT2D eigenvalue weighted by Crippen LogP contribution is -2.55. The zero-order chi connectivity index (χ0) is 31.0. The first kappa shape index (κ1) is 30.3. The van der Waals surface area contributed by atoms with Gasteiger partial charge in [-0.1, -0.05) is 48.5 Å². The lowest BCUT2D eigenvalue weighted by atomic mass is 9.94. The van der Waals surface area contributed by atoms with Gasteiger partial charge >= 0.3 is 6.01 Å². The highest BCUT2D eigenvalue weighted by Gasteiger charge is 2.37. The maximum Gasteiger partial charge on any atom is 0.318 e. The van der Waals surface area contributed by atoms with Gasteiger partial charge in [-0.25, -0.2) is 4.39 Å². The van der Waals surface area contributed by atoms with Gasteiger partial charge in [0.15, 0.2) is 5.83 Å². The van der Waals surface area contributed by atoms with Crippen molar-refractivity contribution in [2.45, 2.75) is 56.9 Å². The molecule has 1 aromatic heterocycles. The number of rotatable bonds is 7. The molecule has 0 aliphatic carbocycles. The number of nitriles is 1. The van der Waals surface area contributed by atoms with Crippen molar-refractivity contribution in [3.8, 4) is 12.1 Å². The second-order valence-electron chi connectivity index (χ2n) is 12.1. The van der Waals surface area contributed by atoms with Crippen LogP contribution in [0.15, 0.2) is 48.8 Å². The Morgan fingerprint density at radius 3 is 2.77 bits per heavy atom. The zero-order valence-corrected chi connectivity index (χ0v) is 25.8. The summed E-state index contributed by atoms with van der Waals surface area (Å²) in [7, 11) is 2.11. The summed E-state index contributed by atoms with van der Waals surface area (Å²) < 4.78 is 26.6. The van der Waals surface area contributed by atoms with Crippen LogP contribution in [0.4, 0.5) is 10.2 Å². The Kier molecular flexibility index (Phi) is 8.46.